The van der Waals surface area contributed by atoms with Gasteiger partial charge in [0.15, 0.2) is 5.82 Å². The number of aromatic amines is 1. The zero-order chi connectivity index (χ0) is 26.6. The van der Waals surface area contributed by atoms with Gasteiger partial charge in [-0.1, -0.05) is 0 Å². The molecular formula is C26H31FN10O2. The Hall–Kier alpha value is -4.00. The van der Waals surface area contributed by atoms with E-state index >= 15 is 0 Å². The molecule has 1 amide bonds. The minimum absolute atomic E-state index is 0.122. The molecule has 39 heavy (non-hydrogen) atoms. The van der Waals surface area contributed by atoms with E-state index in [9.17, 15) is 9.18 Å². The van der Waals surface area contributed by atoms with Crippen molar-refractivity contribution in [2.45, 2.75) is 68.9 Å². The van der Waals surface area contributed by atoms with Crippen LogP contribution in [0, 0.1) is 0 Å². The van der Waals surface area contributed by atoms with Crippen molar-refractivity contribution in [1.29, 1.82) is 0 Å². The van der Waals surface area contributed by atoms with Crippen LogP contribution in [-0.2, 0) is 11.3 Å². The molecular weight excluding hydrogens is 503 g/mol. The molecule has 4 aromatic rings. The second-order valence-corrected chi connectivity index (χ2v) is 11.2. The van der Waals surface area contributed by atoms with Crippen molar-refractivity contribution in [2.75, 3.05) is 18.4 Å². The van der Waals surface area contributed by atoms with Crippen LogP contribution < -0.4 is 10.6 Å². The Balaban J connectivity index is 0.977. The van der Waals surface area contributed by atoms with Gasteiger partial charge in [0, 0.05) is 67.6 Å². The number of imidazole rings is 1. The van der Waals surface area contributed by atoms with Crippen LogP contribution in [0.1, 0.15) is 56.0 Å². The van der Waals surface area contributed by atoms with Crippen LogP contribution in [0.5, 0.6) is 0 Å². The number of halogens is 1. The van der Waals surface area contributed by atoms with E-state index in [-0.39, 0.29) is 17.9 Å². The Kier molecular flexibility index (Phi) is 5.76. The van der Waals surface area contributed by atoms with E-state index in [4.69, 9.17) is 9.72 Å². The third kappa shape index (κ3) is 4.93. The lowest BCUT2D eigenvalue weighted by atomic mass is 10.0. The van der Waals surface area contributed by atoms with Gasteiger partial charge in [0.1, 0.15) is 17.9 Å². The number of rotatable bonds is 8. The number of aromatic nitrogens is 7. The molecule has 0 unspecified atom stereocenters. The number of likely N-dealkylation sites (tertiary alicyclic amines) is 1. The maximum atomic E-state index is 14.7. The molecule has 204 valence electrons. The zero-order valence-electron chi connectivity index (χ0n) is 21.6. The predicted octanol–water partition coefficient (Wildman–Crippen LogP) is 3.31. The Morgan fingerprint density at radius 3 is 2.95 bits per heavy atom. The molecule has 0 spiro atoms. The summed E-state index contributed by atoms with van der Waals surface area (Å²) in [6.07, 6.45) is 7.50. The number of carbonyl (C=O) groups excluding carboxylic acids is 1. The number of nitrogens with zero attached hydrogens (tertiary/aromatic N) is 7. The summed E-state index contributed by atoms with van der Waals surface area (Å²) in [5.41, 5.74) is 2.34. The summed E-state index contributed by atoms with van der Waals surface area (Å²) in [7, 11) is 0. The first-order chi connectivity index (χ1) is 18.9. The largest absolute Gasteiger partial charge is 0.443 e. The first-order valence-electron chi connectivity index (χ1n) is 13.4. The van der Waals surface area contributed by atoms with Gasteiger partial charge < -0.3 is 15.4 Å². The highest BCUT2D eigenvalue weighted by molar-refractivity contribution is 5.69. The molecule has 0 radical (unpaired) electrons. The lowest BCUT2D eigenvalue weighted by Crippen LogP contribution is -2.47. The summed E-state index contributed by atoms with van der Waals surface area (Å²) >= 11 is 0. The number of hydrogen-bond acceptors (Lipinski definition) is 8. The molecule has 0 bridgehead atoms. The number of nitrogens with one attached hydrogen (secondary N) is 3. The van der Waals surface area contributed by atoms with Gasteiger partial charge in [-0.3, -0.25) is 19.1 Å². The summed E-state index contributed by atoms with van der Waals surface area (Å²) < 4.78 is 24.0. The maximum absolute atomic E-state index is 14.7. The number of anilines is 2. The molecule has 0 aromatic carbocycles. The van der Waals surface area contributed by atoms with E-state index in [0.29, 0.717) is 24.2 Å². The van der Waals surface area contributed by atoms with Crippen LogP contribution in [0.25, 0.3) is 5.65 Å². The molecule has 12 nitrogen and oxygen atoms in total. The van der Waals surface area contributed by atoms with Gasteiger partial charge in [0.25, 0.3) is 0 Å². The summed E-state index contributed by atoms with van der Waals surface area (Å²) in [5.74, 6) is 1.04. The van der Waals surface area contributed by atoms with Crippen molar-refractivity contribution in [3.63, 3.8) is 0 Å². The van der Waals surface area contributed by atoms with Crippen LogP contribution in [0.3, 0.4) is 0 Å². The summed E-state index contributed by atoms with van der Waals surface area (Å²) in [5, 5.41) is 17.8. The number of H-pyrrole nitrogens is 1. The molecule has 5 heterocycles. The smallest absolute Gasteiger partial charge is 0.407 e. The summed E-state index contributed by atoms with van der Waals surface area (Å²) in [6.45, 7) is 4.58. The Morgan fingerprint density at radius 1 is 1.28 bits per heavy atom. The number of hydrogen-bond donors (Lipinski definition) is 3. The number of amides is 1. The maximum Gasteiger partial charge on any atom is 0.407 e. The van der Waals surface area contributed by atoms with E-state index in [1.54, 1.807) is 6.20 Å². The lowest BCUT2D eigenvalue weighted by molar-refractivity contribution is 0.0583. The summed E-state index contributed by atoms with van der Waals surface area (Å²) in [4.78, 5) is 23.7. The van der Waals surface area contributed by atoms with E-state index in [0.717, 1.165) is 49.5 Å². The number of alkyl carbamates (subject to hydrolysis) is 1. The van der Waals surface area contributed by atoms with Crippen LogP contribution >= 0.6 is 0 Å². The van der Waals surface area contributed by atoms with Gasteiger partial charge in [0.2, 0.25) is 5.95 Å². The quantitative estimate of drug-likeness (QED) is 0.314. The first-order valence-corrected chi connectivity index (χ1v) is 13.4. The molecule has 2 aliphatic carbocycles. The number of ether oxygens (including phenoxy) is 1. The van der Waals surface area contributed by atoms with Crippen LogP contribution in [0.4, 0.5) is 21.0 Å². The van der Waals surface area contributed by atoms with Gasteiger partial charge in [-0.2, -0.15) is 10.2 Å². The lowest BCUT2D eigenvalue weighted by Gasteiger charge is -2.38. The van der Waals surface area contributed by atoms with Gasteiger partial charge in [-0.05, 0) is 44.7 Å². The molecule has 1 aliphatic heterocycles. The van der Waals surface area contributed by atoms with E-state index < -0.39 is 18.4 Å². The predicted molar refractivity (Wildman–Crippen MR) is 139 cm³/mol. The van der Waals surface area contributed by atoms with E-state index in [2.05, 4.69) is 35.8 Å². The van der Waals surface area contributed by atoms with E-state index in [1.165, 1.54) is 0 Å². The fourth-order valence-corrected chi connectivity index (χ4v) is 5.48. The van der Waals surface area contributed by atoms with Crippen molar-refractivity contribution in [2.24, 2.45) is 0 Å². The minimum Gasteiger partial charge on any atom is -0.443 e. The third-order valence-electron chi connectivity index (χ3n) is 8.02. The van der Waals surface area contributed by atoms with Crippen molar-refractivity contribution >= 4 is 23.5 Å². The van der Waals surface area contributed by atoms with Crippen LogP contribution in [0.15, 0.2) is 43.0 Å². The average Bonchev–Trinajstić information content (AvgIpc) is 3.42. The highest BCUT2D eigenvalue weighted by atomic mass is 19.1. The molecule has 3 N–H and O–H groups in total. The second kappa shape index (κ2) is 9.33. The molecule has 13 heteroatoms. The Morgan fingerprint density at radius 2 is 2.15 bits per heavy atom. The average molecular weight is 535 g/mol. The molecule has 2 saturated carbocycles. The van der Waals surface area contributed by atoms with Crippen molar-refractivity contribution in [1.82, 2.24) is 44.6 Å². The summed E-state index contributed by atoms with van der Waals surface area (Å²) in [6, 6.07) is 6.08. The number of fused-ring (bicyclic) bond motifs is 1. The normalized spacial score (nSPS) is 24.5. The van der Waals surface area contributed by atoms with Gasteiger partial charge in [-0.15, -0.1) is 0 Å². The highest BCUT2D eigenvalue weighted by Gasteiger charge is 2.42. The van der Waals surface area contributed by atoms with Gasteiger partial charge >= 0.3 is 6.09 Å². The first kappa shape index (κ1) is 24.1. The molecule has 4 aromatic heterocycles. The van der Waals surface area contributed by atoms with Crippen molar-refractivity contribution in [3.8, 4) is 0 Å². The molecule has 3 atom stereocenters. The Bertz CT molecular complexity index is 1470. The van der Waals surface area contributed by atoms with Gasteiger partial charge in [0.05, 0.1) is 11.7 Å². The minimum atomic E-state index is -1.21. The third-order valence-corrected chi connectivity index (χ3v) is 8.02. The fourth-order valence-electron chi connectivity index (χ4n) is 5.48. The van der Waals surface area contributed by atoms with Gasteiger partial charge in [-0.25, -0.2) is 19.2 Å². The van der Waals surface area contributed by atoms with E-state index in [1.807, 2.05) is 52.8 Å². The molecule has 3 fully saturated rings. The van der Waals surface area contributed by atoms with Crippen molar-refractivity contribution in [3.05, 3.63) is 54.4 Å². The van der Waals surface area contributed by atoms with Crippen LogP contribution in [0.2, 0.25) is 0 Å². The molecule has 1 saturated heterocycles. The van der Waals surface area contributed by atoms with Crippen LogP contribution in [-0.4, -0.2) is 76.2 Å². The van der Waals surface area contributed by atoms with Crippen molar-refractivity contribution < 1.29 is 13.9 Å². The topological polar surface area (TPSA) is 130 Å². The SMILES string of the molecule is CC1(NC(=O)O[C@H]2C[C@@H](c3cc(Nc4nccc5nc(CN6CC(n7cccn7)C6)cn45)n[nH]3)C[C@H]2F)CC1. The molecule has 3 aliphatic rings. The second-order valence-electron chi connectivity index (χ2n) is 11.2. The fraction of sp³-hybridized carbons (Fsp3) is 0.500. The number of carbonyl (C=O) groups is 1. The molecule has 7 rings (SSSR count). The number of alkyl halides is 1. The standard InChI is InChI=1S/C26H31FN10O2/c1-26(4-5-26)32-25(38)39-21-10-16(9-19(21)27)20-11-22(34-33-20)31-24-28-7-3-23-30-17(13-36(23)24)12-35-14-18(15-35)37-8-2-6-29-37/h2-3,6-8,11,13,16,18-19,21H,4-5,9-10,12,14-15H2,1H3,(H,32,38)(H2,28,31,33,34)/t16-,19+,21-/m0/s1. The Labute approximate surface area is 223 Å². The monoisotopic (exact) mass is 534 g/mol. The zero-order valence-corrected chi connectivity index (χ0v) is 21.6. The highest BCUT2D eigenvalue weighted by Crippen LogP contribution is 2.39.